The number of Topliss-reactive ketones (excluding diaryl/α,β-unsaturated/α-hetero) is 1. The molecule has 20 heavy (non-hydrogen) atoms. The molecule has 1 aromatic heterocycles. The van der Waals surface area contributed by atoms with Crippen molar-refractivity contribution in [1.82, 2.24) is 14.6 Å². The normalized spacial score (nSPS) is 20.2. The Labute approximate surface area is 117 Å². The molecule has 0 aliphatic carbocycles. The first-order valence-corrected chi connectivity index (χ1v) is 7.58. The smallest absolute Gasteiger partial charge is 0.310 e. The van der Waals surface area contributed by atoms with E-state index in [1.54, 1.807) is 6.07 Å². The second kappa shape index (κ2) is 6.10. The number of nitrogens with one attached hydrogen (secondary N) is 1. The van der Waals surface area contributed by atoms with Gasteiger partial charge >= 0.3 is 6.41 Å². The van der Waals surface area contributed by atoms with Crippen molar-refractivity contribution in [2.45, 2.75) is 23.9 Å². The van der Waals surface area contributed by atoms with Crippen LogP contribution in [0.5, 0.6) is 0 Å². The lowest BCUT2D eigenvalue weighted by Gasteiger charge is -2.23. The first-order valence-electron chi connectivity index (χ1n) is 6.14. The van der Waals surface area contributed by atoms with Gasteiger partial charge in [-0.3, -0.25) is 9.59 Å². The Morgan fingerprint density at radius 2 is 2.20 bits per heavy atom. The van der Waals surface area contributed by atoms with Gasteiger partial charge in [-0.15, -0.1) is 0 Å². The van der Waals surface area contributed by atoms with Crippen molar-refractivity contribution in [2.75, 3.05) is 13.1 Å². The molecular weight excluding hydrogens is 282 g/mol. The van der Waals surface area contributed by atoms with Crippen LogP contribution in [-0.2, 0) is 19.6 Å². The van der Waals surface area contributed by atoms with Gasteiger partial charge in [0.2, 0.25) is 0 Å². The van der Waals surface area contributed by atoms with E-state index < -0.39 is 16.1 Å². The summed E-state index contributed by atoms with van der Waals surface area (Å²) in [5, 5.41) is 2.61. The van der Waals surface area contributed by atoms with E-state index in [0.29, 0.717) is 17.3 Å². The third-order valence-corrected chi connectivity index (χ3v) is 4.65. The van der Waals surface area contributed by atoms with Crippen molar-refractivity contribution in [3.05, 3.63) is 24.4 Å². The molecular formula is C12H14N3O4S. The van der Waals surface area contributed by atoms with Gasteiger partial charge < -0.3 is 5.32 Å². The Morgan fingerprint density at radius 1 is 1.40 bits per heavy atom. The molecule has 0 aromatic carbocycles. The van der Waals surface area contributed by atoms with Crippen molar-refractivity contribution >= 4 is 22.2 Å². The molecule has 0 bridgehead atoms. The van der Waals surface area contributed by atoms with Crippen LogP contribution in [0.15, 0.2) is 29.4 Å². The van der Waals surface area contributed by atoms with E-state index >= 15 is 0 Å². The maximum atomic E-state index is 12.3. The van der Waals surface area contributed by atoms with Gasteiger partial charge in [-0.25, -0.2) is 9.29 Å². The van der Waals surface area contributed by atoms with E-state index in [1.165, 1.54) is 24.7 Å². The average molecular weight is 296 g/mol. The van der Waals surface area contributed by atoms with E-state index in [0.717, 1.165) is 0 Å². The van der Waals surface area contributed by atoms with Crippen LogP contribution in [0, 0.1) is 0 Å². The van der Waals surface area contributed by atoms with E-state index in [1.807, 2.05) is 0 Å². The second-order valence-corrected chi connectivity index (χ2v) is 6.12. The first-order chi connectivity index (χ1) is 9.57. The summed E-state index contributed by atoms with van der Waals surface area (Å²) in [6.07, 6.45) is 3.58. The van der Waals surface area contributed by atoms with Gasteiger partial charge in [0.15, 0.2) is 10.8 Å². The van der Waals surface area contributed by atoms with E-state index in [9.17, 15) is 18.0 Å². The lowest BCUT2D eigenvalue weighted by molar-refractivity contribution is -0.120. The molecule has 2 heterocycles. The highest BCUT2D eigenvalue weighted by Crippen LogP contribution is 2.18. The van der Waals surface area contributed by atoms with E-state index in [2.05, 4.69) is 10.3 Å². The highest BCUT2D eigenvalue weighted by molar-refractivity contribution is 7.89. The summed E-state index contributed by atoms with van der Waals surface area (Å²) in [4.78, 5) is 26.8. The van der Waals surface area contributed by atoms with Gasteiger partial charge in [-0.05, 0) is 31.5 Å². The van der Waals surface area contributed by atoms with Crippen LogP contribution in [0.3, 0.4) is 0 Å². The quantitative estimate of drug-likeness (QED) is 0.750. The Hall–Kier alpha value is -1.80. The fraction of sp³-hybridized carbons (Fsp3) is 0.417. The molecule has 0 unspecified atom stereocenters. The van der Waals surface area contributed by atoms with Gasteiger partial charge in [0, 0.05) is 6.20 Å². The predicted octanol–water partition coefficient (Wildman–Crippen LogP) is -0.539. The minimum absolute atomic E-state index is 0.0422. The minimum atomic E-state index is -4.15. The van der Waals surface area contributed by atoms with Gasteiger partial charge in [-0.1, -0.05) is 6.07 Å². The molecule has 8 heteroatoms. The van der Waals surface area contributed by atoms with Gasteiger partial charge in [-0.2, -0.15) is 8.42 Å². The number of carbonyl (C=O) groups is 1. The molecule has 0 spiro atoms. The number of hydrogen-bond acceptors (Lipinski definition) is 6. The second-order valence-electron chi connectivity index (χ2n) is 4.36. The molecule has 1 fully saturated rings. The highest BCUT2D eigenvalue weighted by atomic mass is 32.2. The number of carbonyl (C=O) groups excluding carboxylic acids is 2. The molecule has 1 radical (unpaired) electrons. The minimum Gasteiger partial charge on any atom is -0.310 e. The highest BCUT2D eigenvalue weighted by Gasteiger charge is 2.36. The van der Waals surface area contributed by atoms with Crippen molar-refractivity contribution in [3.63, 3.8) is 0 Å². The average Bonchev–Trinajstić information content (AvgIpc) is 2.66. The third kappa shape index (κ3) is 2.86. The number of hydrogen-bond donors (Lipinski definition) is 1. The topological polar surface area (TPSA) is 96.4 Å². The summed E-state index contributed by atoms with van der Waals surface area (Å²) < 4.78 is 25.2. The molecule has 7 nitrogen and oxygen atoms in total. The van der Waals surface area contributed by atoms with Crippen molar-refractivity contribution in [2.24, 2.45) is 0 Å². The fourth-order valence-corrected chi connectivity index (χ4v) is 3.34. The van der Waals surface area contributed by atoms with Crippen molar-refractivity contribution < 1.29 is 18.0 Å². The zero-order chi connectivity index (χ0) is 14.6. The Kier molecular flexibility index (Phi) is 4.46. The molecule has 1 saturated heterocycles. The number of nitrogens with zero attached hydrogens (tertiary/aromatic N) is 2. The molecule has 1 amide bonds. The third-order valence-electron chi connectivity index (χ3n) is 3.04. The Morgan fingerprint density at radius 3 is 2.85 bits per heavy atom. The molecule has 0 saturated carbocycles. The summed E-state index contributed by atoms with van der Waals surface area (Å²) in [7, 11) is -4.15. The molecule has 1 atom stereocenters. The van der Waals surface area contributed by atoms with Crippen LogP contribution in [0.2, 0.25) is 0 Å². The molecule has 1 aromatic rings. The van der Waals surface area contributed by atoms with Crippen molar-refractivity contribution in [3.8, 4) is 0 Å². The summed E-state index contributed by atoms with van der Waals surface area (Å²) in [6.45, 7) is 0.652. The van der Waals surface area contributed by atoms with Crippen LogP contribution in [-0.4, -0.2) is 49.0 Å². The van der Waals surface area contributed by atoms with Gasteiger partial charge in [0.25, 0.3) is 10.0 Å². The maximum absolute atomic E-state index is 12.3. The summed E-state index contributed by atoms with van der Waals surface area (Å²) in [5.41, 5.74) is 0. The predicted molar refractivity (Wildman–Crippen MR) is 69.9 cm³/mol. The number of aromatic nitrogens is 1. The Bertz CT molecular complexity index is 588. The number of ketones is 1. The van der Waals surface area contributed by atoms with Crippen LogP contribution in [0.25, 0.3) is 0 Å². The number of rotatable bonds is 4. The molecule has 2 rings (SSSR count). The zero-order valence-electron chi connectivity index (χ0n) is 10.7. The lowest BCUT2D eigenvalue weighted by atomic mass is 10.1. The van der Waals surface area contributed by atoms with Crippen LogP contribution < -0.4 is 5.32 Å². The maximum Gasteiger partial charge on any atom is 0.327 e. The number of amides is 1. The largest absolute Gasteiger partial charge is 0.327 e. The van der Waals surface area contributed by atoms with Crippen LogP contribution in [0.1, 0.15) is 12.8 Å². The summed E-state index contributed by atoms with van der Waals surface area (Å²) >= 11 is 0. The van der Waals surface area contributed by atoms with Crippen LogP contribution in [0.4, 0.5) is 0 Å². The van der Waals surface area contributed by atoms with Gasteiger partial charge in [0.1, 0.15) is 6.04 Å². The van der Waals surface area contributed by atoms with E-state index in [4.69, 9.17) is 0 Å². The number of sulfonamides is 1. The molecule has 1 aliphatic heterocycles. The van der Waals surface area contributed by atoms with Crippen molar-refractivity contribution in [1.29, 1.82) is 0 Å². The van der Waals surface area contributed by atoms with E-state index in [-0.39, 0.29) is 23.8 Å². The standard InChI is InChI=1S/C12H14N3O4S/c16-9-15(10-4-3-6-13-8-11(10)17)20(18,19)12-5-1-2-7-14-12/h1-2,5,7,10,13H,3-4,6,8H2/t10-/m0/s1. The molecule has 107 valence electrons. The lowest BCUT2D eigenvalue weighted by Crippen LogP contribution is -2.45. The molecule has 1 N–H and O–H groups in total. The number of pyridine rings is 1. The SMILES string of the molecule is O=[C]N([C@H]1CCCNCC1=O)S(=O)(=O)c1ccccn1. The fourth-order valence-electron chi connectivity index (χ4n) is 2.04. The molecule has 1 aliphatic rings. The summed E-state index contributed by atoms with van der Waals surface area (Å²) in [6, 6.07) is 3.32. The monoisotopic (exact) mass is 296 g/mol. The van der Waals surface area contributed by atoms with Gasteiger partial charge in [0.05, 0.1) is 6.54 Å². The summed E-state index contributed by atoms with van der Waals surface area (Å²) in [5.74, 6) is -0.342. The first kappa shape index (κ1) is 14.6. The van der Waals surface area contributed by atoms with Crippen LogP contribution >= 0.6 is 0 Å². The Balaban J connectivity index is 2.36. The zero-order valence-corrected chi connectivity index (χ0v) is 11.5.